The SMILES string of the molecule is Cc1ccccc1CSCC1(CBr)CCC1. The minimum absolute atomic E-state index is 0.618. The van der Waals surface area contributed by atoms with E-state index in [1.807, 2.05) is 0 Å². The zero-order valence-corrected chi connectivity index (χ0v) is 12.2. The van der Waals surface area contributed by atoms with Gasteiger partial charge >= 0.3 is 0 Å². The van der Waals surface area contributed by atoms with Crippen LogP contribution >= 0.6 is 27.7 Å². The van der Waals surface area contributed by atoms with E-state index in [-0.39, 0.29) is 0 Å². The maximum atomic E-state index is 3.67. The Morgan fingerprint density at radius 3 is 2.62 bits per heavy atom. The molecule has 1 aliphatic rings. The number of rotatable bonds is 5. The van der Waals surface area contributed by atoms with E-state index in [1.54, 1.807) is 0 Å². The first kappa shape index (κ1) is 12.5. The van der Waals surface area contributed by atoms with Crippen molar-refractivity contribution in [3.63, 3.8) is 0 Å². The zero-order valence-electron chi connectivity index (χ0n) is 9.84. The van der Waals surface area contributed by atoms with Crippen LogP contribution < -0.4 is 0 Å². The topological polar surface area (TPSA) is 0 Å². The van der Waals surface area contributed by atoms with Crippen LogP contribution in [0.2, 0.25) is 0 Å². The average molecular weight is 299 g/mol. The Kier molecular flexibility index (Phi) is 4.37. The molecule has 1 aliphatic carbocycles. The summed E-state index contributed by atoms with van der Waals surface area (Å²) in [6, 6.07) is 8.73. The summed E-state index contributed by atoms with van der Waals surface area (Å²) in [6.07, 6.45) is 4.26. The van der Waals surface area contributed by atoms with Gasteiger partial charge in [-0.25, -0.2) is 0 Å². The van der Waals surface area contributed by atoms with Gasteiger partial charge in [0.2, 0.25) is 0 Å². The molecular weight excluding hydrogens is 280 g/mol. The maximum Gasteiger partial charge on any atom is 0.0187 e. The Morgan fingerprint density at radius 2 is 2.06 bits per heavy atom. The van der Waals surface area contributed by atoms with E-state index in [4.69, 9.17) is 0 Å². The van der Waals surface area contributed by atoms with Gasteiger partial charge in [0.15, 0.2) is 0 Å². The summed E-state index contributed by atoms with van der Waals surface area (Å²) in [5.74, 6) is 2.48. The summed E-state index contributed by atoms with van der Waals surface area (Å²) < 4.78 is 0. The number of hydrogen-bond acceptors (Lipinski definition) is 1. The number of alkyl halides is 1. The third-order valence-corrected chi connectivity index (χ3v) is 6.15. The fourth-order valence-electron chi connectivity index (χ4n) is 2.14. The third kappa shape index (κ3) is 2.84. The van der Waals surface area contributed by atoms with Crippen LogP contribution in [-0.4, -0.2) is 11.1 Å². The van der Waals surface area contributed by atoms with Crippen LogP contribution in [0.3, 0.4) is 0 Å². The minimum atomic E-state index is 0.618. The Hall–Kier alpha value is 0.0500. The second kappa shape index (κ2) is 5.59. The van der Waals surface area contributed by atoms with Crippen molar-refractivity contribution in [2.45, 2.75) is 31.9 Å². The normalized spacial score (nSPS) is 18.1. The molecule has 16 heavy (non-hydrogen) atoms. The molecule has 0 heterocycles. The lowest BCUT2D eigenvalue weighted by atomic mass is 9.72. The Labute approximate surface area is 111 Å². The minimum Gasteiger partial charge on any atom is -0.157 e. The zero-order chi connectivity index (χ0) is 11.4. The van der Waals surface area contributed by atoms with E-state index < -0.39 is 0 Å². The summed E-state index contributed by atoms with van der Waals surface area (Å²) in [6.45, 7) is 2.21. The number of benzene rings is 1. The van der Waals surface area contributed by atoms with Gasteiger partial charge in [0, 0.05) is 16.8 Å². The van der Waals surface area contributed by atoms with Gasteiger partial charge in [0.1, 0.15) is 0 Å². The van der Waals surface area contributed by atoms with Crippen LogP contribution in [0.4, 0.5) is 0 Å². The van der Waals surface area contributed by atoms with Gasteiger partial charge in [0.05, 0.1) is 0 Å². The van der Waals surface area contributed by atoms with Gasteiger partial charge < -0.3 is 0 Å². The highest BCUT2D eigenvalue weighted by Crippen LogP contribution is 2.45. The highest BCUT2D eigenvalue weighted by molar-refractivity contribution is 9.09. The molecule has 0 atom stereocenters. The highest BCUT2D eigenvalue weighted by Gasteiger charge is 2.35. The van der Waals surface area contributed by atoms with Crippen LogP contribution in [0.5, 0.6) is 0 Å². The van der Waals surface area contributed by atoms with Crippen LogP contribution in [0.1, 0.15) is 30.4 Å². The summed E-state index contributed by atoms with van der Waals surface area (Å²) in [5, 5.41) is 1.18. The number of aryl methyl sites for hydroxylation is 1. The van der Waals surface area contributed by atoms with E-state index in [0.717, 1.165) is 0 Å². The van der Waals surface area contributed by atoms with Crippen LogP contribution in [0.15, 0.2) is 24.3 Å². The molecule has 0 aromatic heterocycles. The lowest BCUT2D eigenvalue weighted by Crippen LogP contribution is -2.33. The van der Waals surface area contributed by atoms with E-state index >= 15 is 0 Å². The van der Waals surface area contributed by atoms with E-state index in [0.29, 0.717) is 5.41 Å². The Morgan fingerprint density at radius 1 is 1.31 bits per heavy atom. The number of halogens is 1. The first-order valence-corrected chi connectivity index (χ1v) is 8.22. The van der Waals surface area contributed by atoms with E-state index in [1.165, 1.54) is 47.2 Å². The molecule has 0 amide bonds. The van der Waals surface area contributed by atoms with Crippen molar-refractivity contribution in [3.05, 3.63) is 35.4 Å². The lowest BCUT2D eigenvalue weighted by molar-refractivity contribution is 0.206. The monoisotopic (exact) mass is 298 g/mol. The third-order valence-electron chi connectivity index (χ3n) is 3.62. The van der Waals surface area contributed by atoms with Crippen molar-refractivity contribution < 1.29 is 0 Å². The molecule has 0 aliphatic heterocycles. The Bertz CT molecular complexity index is 339. The molecular formula is C14H19BrS. The molecule has 2 heteroatoms. The van der Waals surface area contributed by atoms with Crippen molar-refractivity contribution in [2.75, 3.05) is 11.1 Å². The van der Waals surface area contributed by atoms with Gasteiger partial charge in [-0.2, -0.15) is 11.8 Å². The molecule has 1 aromatic rings. The predicted octanol–water partition coefficient (Wildman–Crippen LogP) is 4.79. The second-order valence-electron chi connectivity index (χ2n) is 4.91. The standard InChI is InChI=1S/C14H19BrS/c1-12-5-2-3-6-13(12)9-16-11-14(10-15)7-4-8-14/h2-3,5-6H,4,7-11H2,1H3. The number of thioether (sulfide) groups is 1. The molecule has 0 spiro atoms. The molecule has 2 rings (SSSR count). The fourth-order valence-corrected chi connectivity index (χ4v) is 4.63. The molecule has 88 valence electrons. The quantitative estimate of drug-likeness (QED) is 0.704. The lowest BCUT2D eigenvalue weighted by Gasteiger charge is -2.40. The molecule has 0 nitrogen and oxygen atoms in total. The second-order valence-corrected chi connectivity index (χ2v) is 6.45. The summed E-state index contributed by atoms with van der Waals surface area (Å²) in [7, 11) is 0. The first-order chi connectivity index (χ1) is 7.76. The van der Waals surface area contributed by atoms with Gasteiger partial charge in [-0.15, -0.1) is 0 Å². The van der Waals surface area contributed by atoms with Crippen molar-refractivity contribution in [1.82, 2.24) is 0 Å². The van der Waals surface area contributed by atoms with Crippen molar-refractivity contribution in [3.8, 4) is 0 Å². The molecule has 0 unspecified atom stereocenters. The molecule has 1 saturated carbocycles. The van der Waals surface area contributed by atoms with Crippen LogP contribution in [0.25, 0.3) is 0 Å². The predicted molar refractivity (Wildman–Crippen MR) is 77.4 cm³/mol. The van der Waals surface area contributed by atoms with E-state index in [2.05, 4.69) is 58.9 Å². The van der Waals surface area contributed by atoms with Crippen molar-refractivity contribution in [2.24, 2.45) is 5.41 Å². The summed E-state index contributed by atoms with van der Waals surface area (Å²) in [5.41, 5.74) is 3.54. The molecule has 0 radical (unpaired) electrons. The summed E-state index contributed by atoms with van der Waals surface area (Å²) >= 11 is 5.77. The van der Waals surface area contributed by atoms with Crippen molar-refractivity contribution in [1.29, 1.82) is 0 Å². The highest BCUT2D eigenvalue weighted by atomic mass is 79.9. The molecule has 1 aromatic carbocycles. The van der Waals surface area contributed by atoms with Crippen LogP contribution in [-0.2, 0) is 5.75 Å². The molecule has 0 saturated heterocycles. The Balaban J connectivity index is 1.82. The molecule has 1 fully saturated rings. The first-order valence-electron chi connectivity index (χ1n) is 5.94. The molecule has 0 N–H and O–H groups in total. The van der Waals surface area contributed by atoms with Gasteiger partial charge in [-0.05, 0) is 36.3 Å². The van der Waals surface area contributed by atoms with Gasteiger partial charge in [-0.3, -0.25) is 0 Å². The van der Waals surface area contributed by atoms with Gasteiger partial charge in [0.25, 0.3) is 0 Å². The summed E-state index contributed by atoms with van der Waals surface area (Å²) in [4.78, 5) is 0. The smallest absolute Gasteiger partial charge is 0.0187 e. The maximum absolute atomic E-state index is 3.67. The largest absolute Gasteiger partial charge is 0.157 e. The van der Waals surface area contributed by atoms with Crippen LogP contribution in [0, 0.1) is 12.3 Å². The van der Waals surface area contributed by atoms with Crippen molar-refractivity contribution >= 4 is 27.7 Å². The van der Waals surface area contributed by atoms with Gasteiger partial charge in [-0.1, -0.05) is 46.6 Å². The fraction of sp³-hybridized carbons (Fsp3) is 0.571. The number of hydrogen-bond donors (Lipinski definition) is 0. The molecule has 0 bridgehead atoms. The van der Waals surface area contributed by atoms with E-state index in [9.17, 15) is 0 Å². The average Bonchev–Trinajstić information content (AvgIpc) is 2.25.